The number of esters is 1. The molecule has 1 aliphatic rings. The molecule has 1 aliphatic carbocycles. The van der Waals surface area contributed by atoms with E-state index in [9.17, 15) is 18.0 Å². The molecule has 3 rings (SSSR count). The Kier molecular flexibility index (Phi) is 5.51. The Bertz CT molecular complexity index is 838. The van der Waals surface area contributed by atoms with Crippen molar-refractivity contribution in [1.82, 2.24) is 0 Å². The molecule has 0 saturated heterocycles. The fourth-order valence-electron chi connectivity index (χ4n) is 2.47. The van der Waals surface area contributed by atoms with Gasteiger partial charge in [0.25, 0.3) is 0 Å². The van der Waals surface area contributed by atoms with Crippen LogP contribution in [0.4, 0.5) is 13.2 Å². The first-order valence-corrected chi connectivity index (χ1v) is 8.63. The van der Waals surface area contributed by atoms with Crippen LogP contribution in [-0.4, -0.2) is 18.7 Å². The van der Waals surface area contributed by atoms with Gasteiger partial charge in [-0.15, -0.1) is 0 Å². The number of hydrogen-bond acceptors (Lipinski definition) is 4. The van der Waals surface area contributed by atoms with E-state index in [-0.39, 0.29) is 28.8 Å². The molecule has 1 unspecified atom stereocenters. The minimum Gasteiger partial charge on any atom is -0.489 e. The van der Waals surface area contributed by atoms with Gasteiger partial charge in [-0.05, 0) is 37.3 Å². The molecule has 0 N–H and O–H groups in total. The van der Waals surface area contributed by atoms with Crippen LogP contribution in [0.5, 0.6) is 17.2 Å². The van der Waals surface area contributed by atoms with Crippen LogP contribution in [0, 0.1) is 5.92 Å². The SMILES string of the molecule is CCOC(=O)C1C[C@H]1Oc1cccc(Oc2ccc(C(F)(F)F)cc2Cl)c1. The first kappa shape index (κ1) is 19.4. The van der Waals surface area contributed by atoms with E-state index in [0.717, 1.165) is 18.2 Å². The summed E-state index contributed by atoms with van der Waals surface area (Å²) in [6.07, 6.45) is -4.15. The second-order valence-corrected chi connectivity index (χ2v) is 6.38. The average Bonchev–Trinajstić information content (AvgIpc) is 3.35. The van der Waals surface area contributed by atoms with Gasteiger partial charge in [0.15, 0.2) is 0 Å². The van der Waals surface area contributed by atoms with Gasteiger partial charge in [0.1, 0.15) is 23.4 Å². The second-order valence-electron chi connectivity index (χ2n) is 5.97. The maximum absolute atomic E-state index is 12.7. The fraction of sp³-hybridized carbons (Fsp3) is 0.316. The lowest BCUT2D eigenvalue weighted by Gasteiger charge is -2.12. The van der Waals surface area contributed by atoms with Gasteiger partial charge in [0.2, 0.25) is 0 Å². The summed E-state index contributed by atoms with van der Waals surface area (Å²) in [5, 5.41) is -0.152. The standard InChI is InChI=1S/C19H16ClF3O4/c1-2-25-18(24)14-10-17(14)27-13-5-3-4-12(9-13)26-16-7-6-11(8-15(16)20)19(21,22)23/h3-9,14,17H,2,10H2,1H3/t14?,17-/m1/s1. The van der Waals surface area contributed by atoms with Crippen LogP contribution in [0.1, 0.15) is 18.9 Å². The minimum atomic E-state index is -4.48. The molecule has 8 heteroatoms. The van der Waals surface area contributed by atoms with Crippen LogP contribution in [0.2, 0.25) is 5.02 Å². The van der Waals surface area contributed by atoms with Crippen molar-refractivity contribution in [2.45, 2.75) is 25.6 Å². The molecule has 0 aromatic heterocycles. The van der Waals surface area contributed by atoms with Crippen molar-refractivity contribution in [3.05, 3.63) is 53.1 Å². The van der Waals surface area contributed by atoms with Crippen LogP contribution in [0.15, 0.2) is 42.5 Å². The smallest absolute Gasteiger partial charge is 0.416 e. The quantitative estimate of drug-likeness (QED) is 0.602. The van der Waals surface area contributed by atoms with Gasteiger partial charge in [-0.25, -0.2) is 0 Å². The van der Waals surface area contributed by atoms with Gasteiger partial charge in [-0.3, -0.25) is 4.79 Å². The summed E-state index contributed by atoms with van der Waals surface area (Å²) in [6.45, 7) is 2.06. The summed E-state index contributed by atoms with van der Waals surface area (Å²) in [7, 11) is 0. The molecule has 0 radical (unpaired) electrons. The summed E-state index contributed by atoms with van der Waals surface area (Å²) in [6, 6.07) is 9.44. The predicted octanol–water partition coefficient (Wildman–Crippen LogP) is 5.48. The van der Waals surface area contributed by atoms with Gasteiger partial charge in [-0.1, -0.05) is 17.7 Å². The number of hydrogen-bond donors (Lipinski definition) is 0. The fourth-order valence-corrected chi connectivity index (χ4v) is 2.69. The van der Waals surface area contributed by atoms with Crippen LogP contribution in [-0.2, 0) is 15.7 Å². The number of ether oxygens (including phenoxy) is 3. The Hall–Kier alpha value is -2.41. The van der Waals surface area contributed by atoms with Crippen molar-refractivity contribution >= 4 is 17.6 Å². The molecule has 4 nitrogen and oxygen atoms in total. The zero-order valence-corrected chi connectivity index (χ0v) is 15.0. The van der Waals surface area contributed by atoms with E-state index in [4.69, 9.17) is 25.8 Å². The summed E-state index contributed by atoms with van der Waals surface area (Å²) >= 11 is 5.90. The molecule has 1 saturated carbocycles. The van der Waals surface area contributed by atoms with Crippen molar-refractivity contribution in [3.8, 4) is 17.2 Å². The Morgan fingerprint density at radius 1 is 1.19 bits per heavy atom. The lowest BCUT2D eigenvalue weighted by atomic mass is 10.2. The van der Waals surface area contributed by atoms with Gasteiger partial charge < -0.3 is 14.2 Å². The van der Waals surface area contributed by atoms with Gasteiger partial charge in [0, 0.05) is 12.5 Å². The molecule has 0 heterocycles. The van der Waals surface area contributed by atoms with E-state index in [0.29, 0.717) is 24.5 Å². The van der Waals surface area contributed by atoms with E-state index < -0.39 is 11.7 Å². The summed E-state index contributed by atoms with van der Waals surface area (Å²) in [5.74, 6) is 0.359. The normalized spacial score (nSPS) is 18.7. The average molecular weight is 401 g/mol. The molecule has 1 fully saturated rings. The van der Waals surface area contributed by atoms with E-state index in [1.54, 1.807) is 31.2 Å². The van der Waals surface area contributed by atoms with Crippen LogP contribution < -0.4 is 9.47 Å². The molecule has 0 bridgehead atoms. The number of rotatable bonds is 6. The molecule has 2 aromatic rings. The van der Waals surface area contributed by atoms with E-state index in [1.165, 1.54) is 0 Å². The molecule has 2 atom stereocenters. The lowest BCUT2D eigenvalue weighted by molar-refractivity contribution is -0.145. The highest BCUT2D eigenvalue weighted by Gasteiger charge is 2.46. The number of halogens is 4. The van der Waals surface area contributed by atoms with Crippen molar-refractivity contribution in [3.63, 3.8) is 0 Å². The molecule has 2 aromatic carbocycles. The molecule has 0 spiro atoms. The number of carbonyl (C=O) groups excluding carboxylic acids is 1. The predicted molar refractivity (Wildman–Crippen MR) is 92.1 cm³/mol. The monoisotopic (exact) mass is 400 g/mol. The van der Waals surface area contributed by atoms with Crippen molar-refractivity contribution < 1.29 is 32.2 Å². The van der Waals surface area contributed by atoms with Crippen molar-refractivity contribution in [2.24, 2.45) is 5.92 Å². The van der Waals surface area contributed by atoms with Crippen molar-refractivity contribution in [1.29, 1.82) is 0 Å². The third-order valence-corrected chi connectivity index (χ3v) is 4.20. The van der Waals surface area contributed by atoms with E-state index >= 15 is 0 Å². The zero-order chi connectivity index (χ0) is 19.6. The second kappa shape index (κ2) is 7.68. The molecule has 144 valence electrons. The van der Waals surface area contributed by atoms with Gasteiger partial charge in [-0.2, -0.15) is 13.2 Å². The van der Waals surface area contributed by atoms with E-state index in [1.807, 2.05) is 0 Å². The summed E-state index contributed by atoms with van der Waals surface area (Å²) in [5.41, 5.74) is -0.851. The Morgan fingerprint density at radius 2 is 1.93 bits per heavy atom. The third-order valence-electron chi connectivity index (χ3n) is 3.90. The highest BCUT2D eigenvalue weighted by atomic mass is 35.5. The maximum atomic E-state index is 12.7. The van der Waals surface area contributed by atoms with Gasteiger partial charge >= 0.3 is 12.1 Å². The highest BCUT2D eigenvalue weighted by molar-refractivity contribution is 6.32. The largest absolute Gasteiger partial charge is 0.489 e. The van der Waals surface area contributed by atoms with Crippen molar-refractivity contribution in [2.75, 3.05) is 6.61 Å². The molecular weight excluding hydrogens is 385 g/mol. The van der Waals surface area contributed by atoms with Gasteiger partial charge in [0.05, 0.1) is 23.1 Å². The Labute approximate surface area is 158 Å². The van der Waals surface area contributed by atoms with Crippen LogP contribution in [0.3, 0.4) is 0 Å². The minimum absolute atomic E-state index is 0.0950. The number of benzene rings is 2. The molecule has 0 amide bonds. The number of alkyl halides is 3. The molecular formula is C19H16ClF3O4. The van der Waals surface area contributed by atoms with E-state index in [2.05, 4.69) is 0 Å². The zero-order valence-electron chi connectivity index (χ0n) is 14.3. The maximum Gasteiger partial charge on any atom is 0.416 e. The summed E-state index contributed by atoms with van der Waals surface area (Å²) < 4.78 is 54.3. The van der Waals surface area contributed by atoms with Crippen LogP contribution in [0.25, 0.3) is 0 Å². The third kappa shape index (κ3) is 4.86. The Balaban J connectivity index is 1.66. The molecule has 27 heavy (non-hydrogen) atoms. The highest BCUT2D eigenvalue weighted by Crippen LogP contribution is 2.39. The number of carbonyl (C=O) groups is 1. The Morgan fingerprint density at radius 3 is 2.59 bits per heavy atom. The molecule has 0 aliphatic heterocycles. The topological polar surface area (TPSA) is 44.8 Å². The van der Waals surface area contributed by atoms with Crippen LogP contribution >= 0.6 is 11.6 Å². The first-order valence-electron chi connectivity index (χ1n) is 8.26. The summed E-state index contributed by atoms with van der Waals surface area (Å²) in [4.78, 5) is 11.6. The first-order chi connectivity index (χ1) is 12.8. The lowest BCUT2D eigenvalue weighted by Crippen LogP contribution is -2.12.